The van der Waals surface area contributed by atoms with Gasteiger partial charge >= 0.3 is 0 Å². The van der Waals surface area contributed by atoms with E-state index in [4.69, 9.17) is 4.74 Å². The molecule has 0 unspecified atom stereocenters. The van der Waals surface area contributed by atoms with Gasteiger partial charge < -0.3 is 19.5 Å². The molecule has 0 spiro atoms. The average Bonchev–Trinajstić information content (AvgIpc) is 3.29. The Morgan fingerprint density at radius 1 is 0.886 bits per heavy atom. The van der Waals surface area contributed by atoms with Crippen molar-refractivity contribution in [1.29, 1.82) is 0 Å². The van der Waals surface area contributed by atoms with Crippen molar-refractivity contribution in [2.75, 3.05) is 33.4 Å². The predicted molar refractivity (Wildman–Crippen MR) is 141 cm³/mol. The lowest BCUT2D eigenvalue weighted by atomic mass is 10.1. The number of unbranched alkanes of at least 4 members (excludes halogenated alkanes) is 2. The Kier molecular flexibility index (Phi) is 10.8. The molecule has 188 valence electrons. The minimum Gasteiger partial charge on any atom is -0.385 e. The summed E-state index contributed by atoms with van der Waals surface area (Å²) in [6.45, 7) is 4.45. The van der Waals surface area contributed by atoms with Crippen LogP contribution in [-0.4, -0.2) is 59.9 Å². The number of benzene rings is 2. The van der Waals surface area contributed by atoms with Crippen LogP contribution >= 0.6 is 0 Å². The van der Waals surface area contributed by atoms with Gasteiger partial charge in [0.05, 0.1) is 6.54 Å². The second kappa shape index (κ2) is 14.3. The molecule has 0 saturated heterocycles. The molecule has 3 rings (SSSR count). The van der Waals surface area contributed by atoms with Crippen LogP contribution in [0.3, 0.4) is 0 Å². The van der Waals surface area contributed by atoms with Crippen molar-refractivity contribution in [3.63, 3.8) is 0 Å². The number of amides is 2. The SMILES string of the molecule is CCCCCC(=O)N(CCCOC)CC(=O)N(CCc1c[nH]c2ccccc12)Cc1ccccc1. The van der Waals surface area contributed by atoms with E-state index in [9.17, 15) is 9.59 Å². The highest BCUT2D eigenvalue weighted by Crippen LogP contribution is 2.19. The Balaban J connectivity index is 1.72. The first-order chi connectivity index (χ1) is 17.1. The van der Waals surface area contributed by atoms with Crippen LogP contribution < -0.4 is 0 Å². The van der Waals surface area contributed by atoms with Crippen molar-refractivity contribution in [1.82, 2.24) is 14.8 Å². The number of hydrogen-bond acceptors (Lipinski definition) is 3. The van der Waals surface area contributed by atoms with E-state index in [1.165, 1.54) is 10.9 Å². The molecule has 0 aliphatic heterocycles. The van der Waals surface area contributed by atoms with Crippen LogP contribution in [0.25, 0.3) is 10.9 Å². The number of carbonyl (C=O) groups is 2. The van der Waals surface area contributed by atoms with E-state index < -0.39 is 0 Å². The van der Waals surface area contributed by atoms with Crippen LogP contribution in [0.2, 0.25) is 0 Å². The first-order valence-corrected chi connectivity index (χ1v) is 12.8. The molecule has 6 heteroatoms. The van der Waals surface area contributed by atoms with Gasteiger partial charge in [0.25, 0.3) is 0 Å². The van der Waals surface area contributed by atoms with E-state index in [2.05, 4.69) is 24.0 Å². The number of nitrogens with zero attached hydrogens (tertiary/aromatic N) is 2. The number of nitrogens with one attached hydrogen (secondary N) is 1. The molecule has 35 heavy (non-hydrogen) atoms. The van der Waals surface area contributed by atoms with E-state index in [-0.39, 0.29) is 18.4 Å². The van der Waals surface area contributed by atoms with Gasteiger partial charge in [-0.2, -0.15) is 0 Å². The summed E-state index contributed by atoms with van der Waals surface area (Å²) in [5, 5.41) is 1.19. The normalized spacial score (nSPS) is 11.0. The summed E-state index contributed by atoms with van der Waals surface area (Å²) in [7, 11) is 1.66. The molecule has 1 aromatic heterocycles. The molecule has 0 fully saturated rings. The quantitative estimate of drug-likeness (QED) is 0.307. The number of hydrogen-bond donors (Lipinski definition) is 1. The third-order valence-electron chi connectivity index (χ3n) is 6.34. The number of H-pyrrole nitrogens is 1. The topological polar surface area (TPSA) is 65.6 Å². The van der Waals surface area contributed by atoms with Crippen LogP contribution in [-0.2, 0) is 27.3 Å². The summed E-state index contributed by atoms with van der Waals surface area (Å²) in [6.07, 6.45) is 6.93. The summed E-state index contributed by atoms with van der Waals surface area (Å²) < 4.78 is 5.18. The van der Waals surface area contributed by atoms with Gasteiger partial charge in [0.1, 0.15) is 0 Å². The summed E-state index contributed by atoms with van der Waals surface area (Å²) in [6, 6.07) is 18.3. The van der Waals surface area contributed by atoms with E-state index in [1.54, 1.807) is 12.0 Å². The predicted octanol–water partition coefficient (Wildman–Crippen LogP) is 5.18. The minimum absolute atomic E-state index is 0.0186. The van der Waals surface area contributed by atoms with Crippen LogP contribution in [0, 0.1) is 0 Å². The Morgan fingerprint density at radius 3 is 2.43 bits per heavy atom. The molecule has 2 amide bonds. The van der Waals surface area contributed by atoms with Gasteiger partial charge in [-0.05, 0) is 36.5 Å². The van der Waals surface area contributed by atoms with Gasteiger partial charge in [-0.3, -0.25) is 9.59 Å². The third-order valence-corrected chi connectivity index (χ3v) is 6.34. The van der Waals surface area contributed by atoms with Gasteiger partial charge in [-0.1, -0.05) is 68.3 Å². The Labute approximate surface area is 209 Å². The number of methoxy groups -OCH3 is 1. The van der Waals surface area contributed by atoms with Crippen LogP contribution in [0.1, 0.15) is 50.2 Å². The molecule has 1 N–H and O–H groups in total. The Morgan fingerprint density at radius 2 is 1.66 bits per heavy atom. The maximum atomic E-state index is 13.5. The smallest absolute Gasteiger partial charge is 0.242 e. The van der Waals surface area contributed by atoms with Gasteiger partial charge in [-0.25, -0.2) is 0 Å². The highest BCUT2D eigenvalue weighted by atomic mass is 16.5. The van der Waals surface area contributed by atoms with E-state index >= 15 is 0 Å². The number of aromatic nitrogens is 1. The lowest BCUT2D eigenvalue weighted by Crippen LogP contribution is -2.44. The molecule has 1 heterocycles. The van der Waals surface area contributed by atoms with E-state index in [0.29, 0.717) is 32.7 Å². The molecule has 0 aliphatic rings. The fourth-order valence-corrected chi connectivity index (χ4v) is 4.33. The fourth-order valence-electron chi connectivity index (χ4n) is 4.33. The number of carbonyl (C=O) groups excluding carboxylic acids is 2. The molecule has 3 aromatic rings. The number of ether oxygens (including phenoxy) is 1. The Hall–Kier alpha value is -3.12. The number of fused-ring (bicyclic) bond motifs is 1. The van der Waals surface area contributed by atoms with Crippen molar-refractivity contribution in [3.05, 3.63) is 71.9 Å². The minimum atomic E-state index is -0.0186. The van der Waals surface area contributed by atoms with Gasteiger partial charge in [-0.15, -0.1) is 0 Å². The van der Waals surface area contributed by atoms with Gasteiger partial charge in [0.15, 0.2) is 0 Å². The van der Waals surface area contributed by atoms with Crippen molar-refractivity contribution in [3.8, 4) is 0 Å². The molecule has 0 radical (unpaired) electrons. The number of aromatic amines is 1. The highest BCUT2D eigenvalue weighted by molar-refractivity contribution is 5.85. The van der Waals surface area contributed by atoms with Crippen LogP contribution in [0.15, 0.2) is 60.8 Å². The van der Waals surface area contributed by atoms with E-state index in [0.717, 1.165) is 43.2 Å². The zero-order valence-electron chi connectivity index (χ0n) is 21.2. The number of rotatable bonds is 15. The summed E-state index contributed by atoms with van der Waals surface area (Å²) in [4.78, 5) is 33.4. The molecule has 0 saturated carbocycles. The molecule has 0 atom stereocenters. The summed E-state index contributed by atoms with van der Waals surface area (Å²) in [5.74, 6) is 0.0362. The molecule has 2 aromatic carbocycles. The lowest BCUT2D eigenvalue weighted by Gasteiger charge is -2.28. The zero-order chi connectivity index (χ0) is 24.9. The Bertz CT molecular complexity index is 1050. The average molecular weight is 478 g/mol. The molecule has 6 nitrogen and oxygen atoms in total. The maximum Gasteiger partial charge on any atom is 0.242 e. The van der Waals surface area contributed by atoms with Crippen molar-refractivity contribution < 1.29 is 14.3 Å². The van der Waals surface area contributed by atoms with Crippen molar-refractivity contribution in [2.24, 2.45) is 0 Å². The van der Waals surface area contributed by atoms with E-state index in [1.807, 2.05) is 53.6 Å². The summed E-state index contributed by atoms with van der Waals surface area (Å²) >= 11 is 0. The van der Waals surface area contributed by atoms with Crippen molar-refractivity contribution in [2.45, 2.75) is 52.0 Å². The van der Waals surface area contributed by atoms with Crippen molar-refractivity contribution >= 4 is 22.7 Å². The maximum absolute atomic E-state index is 13.5. The largest absolute Gasteiger partial charge is 0.385 e. The van der Waals surface area contributed by atoms with Crippen LogP contribution in [0.5, 0.6) is 0 Å². The van der Waals surface area contributed by atoms with Crippen LogP contribution in [0.4, 0.5) is 0 Å². The molecule has 0 aliphatic carbocycles. The summed E-state index contributed by atoms with van der Waals surface area (Å²) in [5.41, 5.74) is 3.38. The van der Waals surface area contributed by atoms with Gasteiger partial charge in [0.2, 0.25) is 11.8 Å². The second-order valence-corrected chi connectivity index (χ2v) is 9.03. The second-order valence-electron chi connectivity index (χ2n) is 9.03. The lowest BCUT2D eigenvalue weighted by molar-refractivity contribution is -0.141. The molecular weight excluding hydrogens is 438 g/mol. The highest BCUT2D eigenvalue weighted by Gasteiger charge is 2.21. The first kappa shape index (κ1) is 26.5. The first-order valence-electron chi connectivity index (χ1n) is 12.8. The monoisotopic (exact) mass is 477 g/mol. The zero-order valence-corrected chi connectivity index (χ0v) is 21.2. The number of para-hydroxylation sites is 1. The van der Waals surface area contributed by atoms with Gasteiger partial charge in [0, 0.05) is 56.9 Å². The fraction of sp³-hybridized carbons (Fsp3) is 0.448. The molecular formula is C29H39N3O3. The standard InChI is InChI=1S/C29H39N3O3/c1-3-4-6-16-28(33)31(18-11-20-35-2)23-29(34)32(22-24-12-7-5-8-13-24)19-17-25-21-30-27-15-10-9-14-26(25)27/h5,7-10,12-15,21,30H,3-4,6,11,16-20,22-23H2,1-2H3. The third kappa shape index (κ3) is 8.25. The molecule has 0 bridgehead atoms.